The van der Waals surface area contributed by atoms with Crippen LogP contribution in [-0.2, 0) is 11.2 Å². The lowest BCUT2D eigenvalue weighted by Gasteiger charge is -2.11. The molecule has 0 fully saturated rings. The number of benzene rings is 2. The maximum absolute atomic E-state index is 11.9. The van der Waals surface area contributed by atoms with Gasteiger partial charge in [-0.1, -0.05) is 42.5 Å². The van der Waals surface area contributed by atoms with E-state index in [-0.39, 0.29) is 5.57 Å². The summed E-state index contributed by atoms with van der Waals surface area (Å²) in [7, 11) is 1.55. The fraction of sp³-hybridized carbons (Fsp3) is 0.182. The van der Waals surface area contributed by atoms with Crippen molar-refractivity contribution in [1.82, 2.24) is 5.32 Å². The van der Waals surface area contributed by atoms with Gasteiger partial charge >= 0.3 is 0 Å². The Morgan fingerprint density at radius 3 is 2.67 bits per heavy atom. The minimum Gasteiger partial charge on any atom is -0.493 e. The molecule has 0 aliphatic carbocycles. The Balaban J connectivity index is 2.08. The quantitative estimate of drug-likeness (QED) is 0.421. The molecule has 0 saturated carbocycles. The van der Waals surface area contributed by atoms with Crippen molar-refractivity contribution in [2.24, 2.45) is 0 Å². The summed E-state index contributed by atoms with van der Waals surface area (Å²) in [6, 6.07) is 17.3. The summed E-state index contributed by atoms with van der Waals surface area (Å²) < 4.78 is 11.2. The second-order valence-electron chi connectivity index (χ2n) is 5.66. The molecule has 1 amide bonds. The summed E-state index contributed by atoms with van der Waals surface area (Å²) in [6.45, 7) is 4.35. The van der Waals surface area contributed by atoms with E-state index >= 15 is 0 Å². The number of carbonyl (C=O) groups excluding carboxylic acids is 1. The van der Waals surface area contributed by atoms with E-state index in [2.05, 4.69) is 24.0 Å². The van der Waals surface area contributed by atoms with Crippen LogP contribution in [0.25, 0.3) is 6.08 Å². The highest BCUT2D eigenvalue weighted by molar-refractivity contribution is 6.01. The van der Waals surface area contributed by atoms with Gasteiger partial charge in [0.1, 0.15) is 11.6 Å². The molecular weight excluding hydrogens is 340 g/mol. The van der Waals surface area contributed by atoms with E-state index in [1.165, 1.54) is 11.6 Å². The van der Waals surface area contributed by atoms with Crippen LogP contribution in [0.2, 0.25) is 0 Å². The first-order valence-corrected chi connectivity index (χ1v) is 8.53. The van der Waals surface area contributed by atoms with E-state index in [0.29, 0.717) is 30.2 Å². The zero-order valence-corrected chi connectivity index (χ0v) is 15.3. The minimum absolute atomic E-state index is 0.0108. The van der Waals surface area contributed by atoms with Crippen LogP contribution in [0.4, 0.5) is 0 Å². The Morgan fingerprint density at radius 2 is 2.00 bits per heavy atom. The zero-order valence-electron chi connectivity index (χ0n) is 15.3. The van der Waals surface area contributed by atoms with Crippen LogP contribution in [0.3, 0.4) is 0 Å². The van der Waals surface area contributed by atoms with E-state index < -0.39 is 5.91 Å². The smallest absolute Gasteiger partial charge is 0.262 e. The predicted molar refractivity (Wildman–Crippen MR) is 105 cm³/mol. The van der Waals surface area contributed by atoms with Gasteiger partial charge in [-0.3, -0.25) is 4.79 Å². The van der Waals surface area contributed by atoms with Crippen molar-refractivity contribution in [2.45, 2.75) is 6.42 Å². The van der Waals surface area contributed by atoms with E-state index in [1.807, 2.05) is 24.3 Å². The Bertz CT molecular complexity index is 852. The molecule has 0 saturated heterocycles. The molecule has 0 spiro atoms. The maximum atomic E-state index is 11.9. The third-order valence-electron chi connectivity index (χ3n) is 3.76. The molecule has 0 atom stereocenters. The molecule has 0 radical (unpaired) electrons. The minimum atomic E-state index is -0.445. The van der Waals surface area contributed by atoms with E-state index in [4.69, 9.17) is 9.47 Å². The van der Waals surface area contributed by atoms with Crippen LogP contribution in [-0.4, -0.2) is 26.2 Å². The number of carbonyl (C=O) groups is 1. The van der Waals surface area contributed by atoms with Gasteiger partial charge in [-0.15, -0.1) is 6.58 Å². The first kappa shape index (κ1) is 19.8. The van der Waals surface area contributed by atoms with Crippen LogP contribution >= 0.6 is 0 Å². The summed E-state index contributed by atoms with van der Waals surface area (Å²) >= 11 is 0. The molecule has 0 aliphatic rings. The molecule has 2 aromatic rings. The zero-order chi connectivity index (χ0) is 19.5. The monoisotopic (exact) mass is 362 g/mol. The fourth-order valence-corrected chi connectivity index (χ4v) is 2.39. The number of hydrogen-bond acceptors (Lipinski definition) is 4. The van der Waals surface area contributed by atoms with Crippen molar-refractivity contribution in [1.29, 1.82) is 5.26 Å². The van der Waals surface area contributed by atoms with Crippen LogP contribution in [0.15, 0.2) is 66.8 Å². The lowest BCUT2D eigenvalue weighted by Crippen LogP contribution is -2.24. The molecule has 0 aliphatic heterocycles. The number of ether oxygens (including phenoxy) is 2. The van der Waals surface area contributed by atoms with Crippen molar-refractivity contribution in [3.8, 4) is 17.6 Å². The Morgan fingerprint density at radius 1 is 1.22 bits per heavy atom. The molecule has 27 heavy (non-hydrogen) atoms. The largest absolute Gasteiger partial charge is 0.493 e. The Hall–Kier alpha value is -3.52. The first-order valence-electron chi connectivity index (χ1n) is 8.53. The second-order valence-corrected chi connectivity index (χ2v) is 5.66. The summed E-state index contributed by atoms with van der Waals surface area (Å²) in [5.74, 6) is 0.709. The van der Waals surface area contributed by atoms with Gasteiger partial charge in [0, 0.05) is 13.0 Å². The molecule has 1 N–H and O–H groups in total. The number of methoxy groups -OCH3 is 1. The predicted octanol–water partition coefficient (Wildman–Crippen LogP) is 3.53. The Labute approximate surface area is 159 Å². The standard InChI is InChI=1S/C22H22N2O3/c1-3-12-24-22(25)19(16-23)14-18-9-10-20(21(15-18)26-2)27-13-11-17-7-5-4-6-8-17/h3-10,14-15H,1,11-13H2,2H3,(H,24,25)/b19-14-. The molecule has 2 rings (SSSR count). The number of nitrogens with zero attached hydrogens (tertiary/aromatic N) is 1. The number of amides is 1. The van der Waals surface area contributed by atoms with Crippen LogP contribution in [0.5, 0.6) is 11.5 Å². The topological polar surface area (TPSA) is 71.4 Å². The first-order chi connectivity index (χ1) is 13.2. The van der Waals surface area contributed by atoms with Gasteiger partial charge in [-0.25, -0.2) is 0 Å². The lowest BCUT2D eigenvalue weighted by atomic mass is 10.1. The lowest BCUT2D eigenvalue weighted by molar-refractivity contribution is -0.116. The summed E-state index contributed by atoms with van der Waals surface area (Å²) in [6.07, 6.45) is 3.85. The van der Waals surface area contributed by atoms with Crippen molar-refractivity contribution in [3.63, 3.8) is 0 Å². The van der Waals surface area contributed by atoms with Crippen molar-refractivity contribution in [3.05, 3.63) is 77.9 Å². The molecule has 5 nitrogen and oxygen atoms in total. The third-order valence-corrected chi connectivity index (χ3v) is 3.76. The van der Waals surface area contributed by atoms with Gasteiger partial charge in [0.2, 0.25) is 0 Å². The molecule has 0 bridgehead atoms. The summed E-state index contributed by atoms with van der Waals surface area (Å²) in [4.78, 5) is 11.9. The summed E-state index contributed by atoms with van der Waals surface area (Å²) in [5.41, 5.74) is 1.88. The normalized spacial score (nSPS) is 10.6. The van der Waals surface area contributed by atoms with E-state index in [9.17, 15) is 10.1 Å². The number of nitriles is 1. The highest BCUT2D eigenvalue weighted by atomic mass is 16.5. The van der Waals surface area contributed by atoms with E-state index in [0.717, 1.165) is 6.42 Å². The fourth-order valence-electron chi connectivity index (χ4n) is 2.39. The Kier molecular flexibility index (Phi) is 7.68. The second kappa shape index (κ2) is 10.5. The average Bonchev–Trinajstić information content (AvgIpc) is 2.71. The maximum Gasteiger partial charge on any atom is 0.262 e. The van der Waals surface area contributed by atoms with Crippen LogP contribution in [0, 0.1) is 11.3 Å². The molecule has 0 heterocycles. The van der Waals surface area contributed by atoms with Crippen molar-refractivity contribution < 1.29 is 14.3 Å². The van der Waals surface area contributed by atoms with Gasteiger partial charge < -0.3 is 14.8 Å². The van der Waals surface area contributed by atoms with Crippen molar-refractivity contribution >= 4 is 12.0 Å². The van der Waals surface area contributed by atoms with Gasteiger partial charge in [0.25, 0.3) is 5.91 Å². The van der Waals surface area contributed by atoms with E-state index in [1.54, 1.807) is 31.4 Å². The average molecular weight is 362 g/mol. The molecule has 2 aromatic carbocycles. The molecule has 5 heteroatoms. The number of nitrogens with one attached hydrogen (secondary N) is 1. The van der Waals surface area contributed by atoms with Gasteiger partial charge in [-0.2, -0.15) is 5.26 Å². The van der Waals surface area contributed by atoms with Crippen LogP contribution < -0.4 is 14.8 Å². The highest BCUT2D eigenvalue weighted by Gasteiger charge is 2.10. The third kappa shape index (κ3) is 6.05. The van der Waals surface area contributed by atoms with Gasteiger partial charge in [0.05, 0.1) is 13.7 Å². The number of rotatable bonds is 9. The summed E-state index contributed by atoms with van der Waals surface area (Å²) in [5, 5.41) is 11.8. The van der Waals surface area contributed by atoms with Crippen molar-refractivity contribution in [2.75, 3.05) is 20.3 Å². The highest BCUT2D eigenvalue weighted by Crippen LogP contribution is 2.29. The molecular formula is C22H22N2O3. The molecule has 138 valence electrons. The van der Waals surface area contributed by atoms with Gasteiger partial charge in [-0.05, 0) is 29.3 Å². The SMILES string of the molecule is C=CCNC(=O)/C(C#N)=C\c1ccc(OCCc2ccccc2)c(OC)c1. The molecule has 0 aromatic heterocycles. The van der Waals surface area contributed by atoms with Gasteiger partial charge in [0.15, 0.2) is 11.5 Å². The molecule has 0 unspecified atom stereocenters. The van der Waals surface area contributed by atoms with Crippen LogP contribution in [0.1, 0.15) is 11.1 Å². The number of hydrogen-bond donors (Lipinski definition) is 1.